The minimum absolute atomic E-state index is 0.00742. The molecule has 0 spiro atoms. The topological polar surface area (TPSA) is 109 Å². The molecule has 11 heteroatoms. The van der Waals surface area contributed by atoms with Crippen molar-refractivity contribution in [2.75, 3.05) is 39.6 Å². The molecule has 1 fully saturated rings. The van der Waals surface area contributed by atoms with Crippen molar-refractivity contribution in [1.82, 2.24) is 20.2 Å². The van der Waals surface area contributed by atoms with Crippen molar-refractivity contribution in [2.45, 2.75) is 37.8 Å². The van der Waals surface area contributed by atoms with Crippen molar-refractivity contribution in [1.29, 1.82) is 0 Å². The number of hydrogen-bond acceptors (Lipinski definition) is 8. The lowest BCUT2D eigenvalue weighted by Gasteiger charge is -2.36. The number of aromatic nitrogens is 2. The molecule has 0 aliphatic heterocycles. The van der Waals surface area contributed by atoms with Crippen molar-refractivity contribution in [3.63, 3.8) is 0 Å². The minimum atomic E-state index is -0.791. The average Bonchev–Trinajstić information content (AvgIpc) is 2.91. The van der Waals surface area contributed by atoms with E-state index in [1.54, 1.807) is 31.4 Å². The van der Waals surface area contributed by atoms with Gasteiger partial charge in [0.15, 0.2) is 17.3 Å². The SMILES string of the molecule is CNCCN(C)[C@H](C(=O)O)C1CCC(Oc2cc3c(Nc4cccc(Cl)c4F)ncnc3cc2OC)CC1. The molecule has 1 saturated carbocycles. The van der Waals surface area contributed by atoms with Gasteiger partial charge in [-0.25, -0.2) is 14.4 Å². The van der Waals surface area contributed by atoms with Crippen LogP contribution in [0.15, 0.2) is 36.7 Å². The lowest BCUT2D eigenvalue weighted by atomic mass is 9.82. The number of halogens is 2. The molecule has 1 aromatic heterocycles. The van der Waals surface area contributed by atoms with Crippen LogP contribution >= 0.6 is 11.6 Å². The van der Waals surface area contributed by atoms with Gasteiger partial charge >= 0.3 is 5.97 Å². The monoisotopic (exact) mass is 545 g/mol. The maximum absolute atomic E-state index is 14.5. The van der Waals surface area contributed by atoms with Crippen LogP contribution in [0.2, 0.25) is 5.02 Å². The molecule has 2 aromatic carbocycles. The van der Waals surface area contributed by atoms with Crippen LogP contribution in [0, 0.1) is 11.7 Å². The van der Waals surface area contributed by atoms with E-state index < -0.39 is 17.8 Å². The molecule has 0 bridgehead atoms. The van der Waals surface area contributed by atoms with E-state index >= 15 is 0 Å². The lowest BCUT2D eigenvalue weighted by Crippen LogP contribution is -2.47. The maximum Gasteiger partial charge on any atom is 0.321 e. The minimum Gasteiger partial charge on any atom is -0.493 e. The fraction of sp³-hybridized carbons (Fsp3) is 0.444. The summed E-state index contributed by atoms with van der Waals surface area (Å²) in [5, 5.41) is 16.6. The number of aliphatic carboxylic acids is 1. The normalized spacial score (nSPS) is 18.4. The second kappa shape index (κ2) is 12.6. The summed E-state index contributed by atoms with van der Waals surface area (Å²) in [6.07, 6.45) is 4.22. The third-order valence-electron chi connectivity index (χ3n) is 7.03. The van der Waals surface area contributed by atoms with E-state index in [-0.39, 0.29) is 22.7 Å². The first kappa shape index (κ1) is 27.8. The first-order chi connectivity index (χ1) is 18.3. The highest BCUT2D eigenvalue weighted by Gasteiger charge is 2.35. The Bertz CT molecular complexity index is 1270. The second-order valence-electron chi connectivity index (χ2n) is 9.49. The molecule has 1 heterocycles. The lowest BCUT2D eigenvalue weighted by molar-refractivity contribution is -0.145. The number of rotatable bonds is 11. The maximum atomic E-state index is 14.5. The third-order valence-corrected chi connectivity index (χ3v) is 7.32. The number of likely N-dealkylation sites (N-methyl/N-ethyl adjacent to an activating group) is 2. The van der Waals surface area contributed by atoms with Gasteiger partial charge in [0.2, 0.25) is 0 Å². The van der Waals surface area contributed by atoms with Crippen LogP contribution in [0.4, 0.5) is 15.9 Å². The molecule has 9 nitrogen and oxygen atoms in total. The fourth-order valence-electron chi connectivity index (χ4n) is 5.02. The highest BCUT2D eigenvalue weighted by molar-refractivity contribution is 6.31. The highest BCUT2D eigenvalue weighted by Crippen LogP contribution is 2.38. The summed E-state index contributed by atoms with van der Waals surface area (Å²) < 4.78 is 26.5. The number of carboxylic acids is 1. The van der Waals surface area contributed by atoms with Crippen molar-refractivity contribution in [3.8, 4) is 11.5 Å². The summed E-state index contributed by atoms with van der Waals surface area (Å²) >= 11 is 5.94. The van der Waals surface area contributed by atoms with E-state index in [1.165, 1.54) is 12.4 Å². The first-order valence-electron chi connectivity index (χ1n) is 12.6. The van der Waals surface area contributed by atoms with E-state index in [9.17, 15) is 14.3 Å². The molecule has 204 valence electrons. The van der Waals surface area contributed by atoms with Gasteiger partial charge in [0.1, 0.15) is 18.2 Å². The number of carbonyl (C=O) groups is 1. The fourth-order valence-corrected chi connectivity index (χ4v) is 5.20. The van der Waals surface area contributed by atoms with Gasteiger partial charge in [-0.2, -0.15) is 0 Å². The first-order valence-corrected chi connectivity index (χ1v) is 13.0. The molecule has 4 rings (SSSR count). The van der Waals surface area contributed by atoms with Gasteiger partial charge < -0.3 is 25.2 Å². The Morgan fingerprint density at radius 1 is 1.24 bits per heavy atom. The largest absolute Gasteiger partial charge is 0.493 e. The molecule has 1 aliphatic rings. The van der Waals surface area contributed by atoms with Crippen LogP contribution in [-0.4, -0.2) is 72.4 Å². The van der Waals surface area contributed by atoms with Gasteiger partial charge in [-0.1, -0.05) is 17.7 Å². The predicted molar refractivity (Wildman–Crippen MR) is 145 cm³/mol. The third kappa shape index (κ3) is 6.25. The van der Waals surface area contributed by atoms with Gasteiger partial charge in [0, 0.05) is 24.5 Å². The Morgan fingerprint density at radius 3 is 2.68 bits per heavy atom. The van der Waals surface area contributed by atoms with Crippen LogP contribution in [-0.2, 0) is 4.79 Å². The molecule has 0 saturated heterocycles. The van der Waals surface area contributed by atoms with Crippen molar-refractivity contribution < 1.29 is 23.8 Å². The smallest absolute Gasteiger partial charge is 0.321 e. The number of methoxy groups -OCH3 is 1. The summed E-state index contributed by atoms with van der Waals surface area (Å²) in [4.78, 5) is 22.6. The zero-order chi connectivity index (χ0) is 27.2. The van der Waals surface area contributed by atoms with Gasteiger partial charge in [-0.05, 0) is 63.9 Å². The number of benzene rings is 2. The Hall–Kier alpha value is -3.21. The van der Waals surface area contributed by atoms with Crippen molar-refractivity contribution >= 4 is 40.0 Å². The summed E-state index contributed by atoms with van der Waals surface area (Å²) in [6, 6.07) is 7.72. The van der Waals surface area contributed by atoms with Crippen LogP contribution in [0.25, 0.3) is 10.9 Å². The Morgan fingerprint density at radius 2 is 2.00 bits per heavy atom. The molecule has 1 atom stereocenters. The highest BCUT2D eigenvalue weighted by atomic mass is 35.5. The summed E-state index contributed by atoms with van der Waals surface area (Å²) in [5.74, 6) is 0.132. The second-order valence-corrected chi connectivity index (χ2v) is 9.90. The molecule has 0 radical (unpaired) electrons. The van der Waals surface area contributed by atoms with E-state index in [0.29, 0.717) is 34.8 Å². The summed E-state index contributed by atoms with van der Waals surface area (Å²) in [5.41, 5.74) is 0.800. The molecule has 3 aromatic rings. The molecule has 3 N–H and O–H groups in total. The average molecular weight is 546 g/mol. The number of hydrogen-bond donors (Lipinski definition) is 3. The molecule has 1 aliphatic carbocycles. The van der Waals surface area contributed by atoms with Crippen molar-refractivity contribution in [3.05, 3.63) is 47.5 Å². The van der Waals surface area contributed by atoms with E-state index in [4.69, 9.17) is 21.1 Å². The molecular formula is C27H33ClFN5O4. The Balaban J connectivity index is 1.52. The summed E-state index contributed by atoms with van der Waals surface area (Å²) in [6.45, 7) is 1.39. The van der Waals surface area contributed by atoms with Gasteiger partial charge in [0.05, 0.1) is 29.4 Å². The van der Waals surface area contributed by atoms with Crippen LogP contribution in [0.5, 0.6) is 11.5 Å². The van der Waals surface area contributed by atoms with Crippen LogP contribution < -0.4 is 20.1 Å². The Labute approximate surface area is 226 Å². The standard InChI is InChI=1S/C27H33ClFN5O4/c1-30-11-12-34(2)25(27(35)36)16-7-9-17(10-8-16)38-23-13-18-21(14-22(23)37-3)31-15-32-26(18)33-20-6-4-5-19(28)24(20)29/h4-6,13-17,25,30H,7-12H2,1-3H3,(H,35,36)(H,31,32,33)/t16?,17?,25-/m0/s1. The number of nitrogens with one attached hydrogen (secondary N) is 2. The number of fused-ring (bicyclic) bond motifs is 1. The predicted octanol–water partition coefficient (Wildman–Crippen LogP) is 4.72. The van der Waals surface area contributed by atoms with Crippen LogP contribution in [0.1, 0.15) is 25.7 Å². The number of anilines is 2. The van der Waals surface area contributed by atoms with Crippen molar-refractivity contribution in [2.24, 2.45) is 5.92 Å². The Kier molecular flexibility index (Phi) is 9.19. The van der Waals surface area contributed by atoms with Crippen LogP contribution in [0.3, 0.4) is 0 Å². The quantitative estimate of drug-likeness (QED) is 0.315. The van der Waals surface area contributed by atoms with Gasteiger partial charge in [-0.15, -0.1) is 0 Å². The van der Waals surface area contributed by atoms with E-state index in [0.717, 1.165) is 32.2 Å². The van der Waals surface area contributed by atoms with Gasteiger partial charge in [0.25, 0.3) is 0 Å². The summed E-state index contributed by atoms with van der Waals surface area (Å²) in [7, 11) is 5.28. The molecule has 38 heavy (non-hydrogen) atoms. The molecular weight excluding hydrogens is 513 g/mol. The number of nitrogens with zero attached hydrogens (tertiary/aromatic N) is 3. The number of carboxylic acid groups (broad SMARTS) is 1. The molecule has 0 amide bonds. The molecule has 0 unspecified atom stereocenters. The van der Waals surface area contributed by atoms with E-state index in [2.05, 4.69) is 20.6 Å². The van der Waals surface area contributed by atoms with Gasteiger partial charge in [-0.3, -0.25) is 9.69 Å². The zero-order valence-corrected chi connectivity index (χ0v) is 22.5. The number of ether oxygens (including phenoxy) is 2. The zero-order valence-electron chi connectivity index (χ0n) is 21.7. The van der Waals surface area contributed by atoms with E-state index in [1.807, 2.05) is 19.0 Å².